The van der Waals surface area contributed by atoms with Crippen LogP contribution in [0.1, 0.15) is 5.56 Å². The molecule has 2 rings (SSSR count). The Morgan fingerprint density at radius 1 is 1.14 bits per heavy atom. The molecule has 22 heavy (non-hydrogen) atoms. The van der Waals surface area contributed by atoms with Gasteiger partial charge < -0.3 is 9.64 Å². The number of rotatable bonds is 5. The van der Waals surface area contributed by atoms with Crippen LogP contribution in [0.2, 0.25) is 0 Å². The number of ether oxygens (including phenoxy) is 1. The second-order valence-corrected chi connectivity index (χ2v) is 6.39. The number of hydrogen-bond acceptors (Lipinski definition) is 2. The van der Waals surface area contributed by atoms with Gasteiger partial charge in [0.1, 0.15) is 11.6 Å². The summed E-state index contributed by atoms with van der Waals surface area (Å²) in [5.41, 5.74) is 0.473. The molecule has 1 amide bonds. The highest BCUT2D eigenvalue weighted by molar-refractivity contribution is 9.11. The van der Waals surface area contributed by atoms with E-state index in [-0.39, 0.29) is 24.9 Å². The summed E-state index contributed by atoms with van der Waals surface area (Å²) in [7, 11) is 1.62. The molecular weight excluding hydrogens is 417 g/mol. The highest BCUT2D eigenvalue weighted by Gasteiger charge is 2.14. The lowest BCUT2D eigenvalue weighted by Gasteiger charge is -2.18. The Bertz CT molecular complexity index is 659. The Morgan fingerprint density at radius 2 is 1.77 bits per heavy atom. The van der Waals surface area contributed by atoms with Gasteiger partial charge in [0.05, 0.1) is 8.95 Å². The maximum Gasteiger partial charge on any atom is 0.260 e. The van der Waals surface area contributed by atoms with E-state index in [1.54, 1.807) is 25.2 Å². The topological polar surface area (TPSA) is 29.5 Å². The van der Waals surface area contributed by atoms with Crippen molar-refractivity contribution in [1.29, 1.82) is 0 Å². The SMILES string of the molecule is CN(Cc1ccccc1F)C(=O)COc1c(Br)cccc1Br. The molecule has 0 aliphatic heterocycles. The van der Waals surface area contributed by atoms with Crippen molar-refractivity contribution in [2.24, 2.45) is 0 Å². The molecule has 0 aliphatic carbocycles. The third-order valence-electron chi connectivity index (χ3n) is 3.05. The molecule has 0 aromatic heterocycles. The van der Waals surface area contributed by atoms with E-state index >= 15 is 0 Å². The number of benzene rings is 2. The van der Waals surface area contributed by atoms with Crippen LogP contribution in [0.3, 0.4) is 0 Å². The van der Waals surface area contributed by atoms with E-state index in [2.05, 4.69) is 31.9 Å². The zero-order valence-electron chi connectivity index (χ0n) is 11.9. The number of carbonyl (C=O) groups is 1. The standard InChI is InChI=1S/C16H14Br2FNO2/c1-20(9-11-5-2-3-8-14(11)19)15(21)10-22-16-12(17)6-4-7-13(16)18/h2-8H,9-10H2,1H3. The summed E-state index contributed by atoms with van der Waals surface area (Å²) < 4.78 is 20.6. The molecule has 0 heterocycles. The van der Waals surface area contributed by atoms with Crippen LogP contribution in [0.4, 0.5) is 4.39 Å². The van der Waals surface area contributed by atoms with Crippen molar-refractivity contribution in [3.63, 3.8) is 0 Å². The first-order valence-electron chi connectivity index (χ1n) is 6.53. The monoisotopic (exact) mass is 429 g/mol. The maximum atomic E-state index is 13.6. The summed E-state index contributed by atoms with van der Waals surface area (Å²) in [6, 6.07) is 11.9. The largest absolute Gasteiger partial charge is 0.481 e. The van der Waals surface area contributed by atoms with Crippen LogP contribution in [0.5, 0.6) is 5.75 Å². The summed E-state index contributed by atoms with van der Waals surface area (Å²) in [6.07, 6.45) is 0. The van der Waals surface area contributed by atoms with Crippen molar-refractivity contribution < 1.29 is 13.9 Å². The first-order chi connectivity index (χ1) is 10.5. The van der Waals surface area contributed by atoms with Gasteiger partial charge in [0.25, 0.3) is 5.91 Å². The fraction of sp³-hybridized carbons (Fsp3) is 0.188. The van der Waals surface area contributed by atoms with Crippen LogP contribution in [-0.2, 0) is 11.3 Å². The third-order valence-corrected chi connectivity index (χ3v) is 4.30. The van der Waals surface area contributed by atoms with Gasteiger partial charge in [-0.2, -0.15) is 0 Å². The Morgan fingerprint density at radius 3 is 2.41 bits per heavy atom. The molecule has 0 saturated heterocycles. The van der Waals surface area contributed by atoms with Gasteiger partial charge in [-0.05, 0) is 50.1 Å². The Kier molecular flexibility index (Phi) is 5.97. The molecule has 0 fully saturated rings. The van der Waals surface area contributed by atoms with Gasteiger partial charge in [-0.3, -0.25) is 4.79 Å². The molecule has 6 heteroatoms. The van der Waals surface area contributed by atoms with E-state index < -0.39 is 0 Å². The number of halogens is 3. The normalized spacial score (nSPS) is 10.4. The second-order valence-electron chi connectivity index (χ2n) is 4.68. The summed E-state index contributed by atoms with van der Waals surface area (Å²) in [6.45, 7) is 0.0815. The van der Waals surface area contributed by atoms with Gasteiger partial charge in [-0.25, -0.2) is 4.39 Å². The van der Waals surface area contributed by atoms with E-state index in [9.17, 15) is 9.18 Å². The fourth-order valence-corrected chi connectivity index (χ4v) is 3.06. The minimum absolute atomic E-state index is 0.119. The van der Waals surface area contributed by atoms with Gasteiger partial charge in [-0.1, -0.05) is 24.3 Å². The van der Waals surface area contributed by atoms with Crippen LogP contribution in [0.15, 0.2) is 51.4 Å². The summed E-state index contributed by atoms with van der Waals surface area (Å²) in [5.74, 6) is 0.0117. The third kappa shape index (κ3) is 4.30. The lowest BCUT2D eigenvalue weighted by Crippen LogP contribution is -2.31. The molecule has 116 valence electrons. The number of amides is 1. The molecule has 0 atom stereocenters. The minimum atomic E-state index is -0.323. The number of carbonyl (C=O) groups excluding carboxylic acids is 1. The number of para-hydroxylation sites is 1. The average Bonchev–Trinajstić information content (AvgIpc) is 2.48. The number of hydrogen-bond donors (Lipinski definition) is 0. The van der Waals surface area contributed by atoms with Gasteiger partial charge >= 0.3 is 0 Å². The van der Waals surface area contributed by atoms with E-state index in [1.165, 1.54) is 11.0 Å². The molecule has 0 unspecified atom stereocenters. The predicted octanol–water partition coefficient (Wildman–Crippen LogP) is 4.39. The van der Waals surface area contributed by atoms with Crippen molar-refractivity contribution in [2.45, 2.75) is 6.54 Å². The first-order valence-corrected chi connectivity index (χ1v) is 8.12. The highest BCUT2D eigenvalue weighted by Crippen LogP contribution is 2.32. The maximum absolute atomic E-state index is 13.6. The lowest BCUT2D eigenvalue weighted by molar-refractivity contribution is -0.132. The fourth-order valence-electron chi connectivity index (χ4n) is 1.83. The van der Waals surface area contributed by atoms with Gasteiger partial charge in [0.2, 0.25) is 0 Å². The summed E-state index contributed by atoms with van der Waals surface area (Å²) in [5, 5.41) is 0. The van der Waals surface area contributed by atoms with Crippen LogP contribution in [-0.4, -0.2) is 24.5 Å². The number of likely N-dealkylation sites (N-methyl/N-ethyl adjacent to an activating group) is 1. The van der Waals surface area contributed by atoms with E-state index in [1.807, 2.05) is 18.2 Å². The smallest absolute Gasteiger partial charge is 0.260 e. The molecule has 2 aromatic rings. The molecule has 0 aliphatic rings. The van der Waals surface area contributed by atoms with Crippen molar-refractivity contribution in [1.82, 2.24) is 4.90 Å². The molecule has 0 radical (unpaired) electrons. The van der Waals surface area contributed by atoms with Crippen molar-refractivity contribution >= 4 is 37.8 Å². The van der Waals surface area contributed by atoms with Crippen LogP contribution in [0, 0.1) is 5.82 Å². The number of nitrogens with zero attached hydrogens (tertiary/aromatic N) is 1. The highest BCUT2D eigenvalue weighted by atomic mass is 79.9. The Balaban J connectivity index is 1.96. The van der Waals surface area contributed by atoms with E-state index in [0.29, 0.717) is 11.3 Å². The molecular formula is C16H14Br2FNO2. The predicted molar refractivity (Wildman–Crippen MR) is 90.2 cm³/mol. The molecule has 0 N–H and O–H groups in total. The van der Waals surface area contributed by atoms with Crippen molar-refractivity contribution in [2.75, 3.05) is 13.7 Å². The molecule has 3 nitrogen and oxygen atoms in total. The Hall–Kier alpha value is -1.40. The van der Waals surface area contributed by atoms with Gasteiger partial charge in [0.15, 0.2) is 6.61 Å². The van der Waals surface area contributed by atoms with E-state index in [4.69, 9.17) is 4.74 Å². The molecule has 0 saturated carbocycles. The van der Waals surface area contributed by atoms with Crippen molar-refractivity contribution in [3.05, 3.63) is 62.8 Å². The van der Waals surface area contributed by atoms with E-state index in [0.717, 1.165) is 8.95 Å². The average molecular weight is 431 g/mol. The molecule has 2 aromatic carbocycles. The zero-order valence-corrected chi connectivity index (χ0v) is 15.0. The molecule has 0 bridgehead atoms. The van der Waals surface area contributed by atoms with Crippen LogP contribution >= 0.6 is 31.9 Å². The quantitative estimate of drug-likeness (QED) is 0.704. The lowest BCUT2D eigenvalue weighted by atomic mass is 10.2. The molecule has 0 spiro atoms. The van der Waals surface area contributed by atoms with Crippen LogP contribution in [0.25, 0.3) is 0 Å². The van der Waals surface area contributed by atoms with Crippen molar-refractivity contribution in [3.8, 4) is 5.75 Å². The Labute approximate surface area is 145 Å². The summed E-state index contributed by atoms with van der Waals surface area (Å²) >= 11 is 6.74. The van der Waals surface area contributed by atoms with Gasteiger partial charge in [-0.15, -0.1) is 0 Å². The second kappa shape index (κ2) is 7.74. The minimum Gasteiger partial charge on any atom is -0.481 e. The van der Waals surface area contributed by atoms with Crippen LogP contribution < -0.4 is 4.74 Å². The first kappa shape index (κ1) is 17.0. The summed E-state index contributed by atoms with van der Waals surface area (Å²) in [4.78, 5) is 13.5. The van der Waals surface area contributed by atoms with Gasteiger partial charge in [0, 0.05) is 19.2 Å². The zero-order chi connectivity index (χ0) is 16.1.